The van der Waals surface area contributed by atoms with Crippen LogP contribution in [0.3, 0.4) is 0 Å². The molecular weight excluding hydrogens is 688 g/mol. The van der Waals surface area contributed by atoms with Crippen molar-refractivity contribution in [1.29, 1.82) is 0 Å². The second-order valence-electron chi connectivity index (χ2n) is 10.6. The number of unbranched alkanes of at least 4 members (excludes halogenated alkanes) is 1. The highest BCUT2D eigenvalue weighted by atomic mass is 35.5. The van der Waals surface area contributed by atoms with Gasteiger partial charge in [-0.15, -0.1) is 0 Å². The van der Waals surface area contributed by atoms with Gasteiger partial charge in [0.1, 0.15) is 12.6 Å². The lowest BCUT2D eigenvalue weighted by Crippen LogP contribution is -2.53. The first-order valence-electron chi connectivity index (χ1n) is 14.6. The van der Waals surface area contributed by atoms with E-state index < -0.39 is 28.5 Å². The van der Waals surface area contributed by atoms with E-state index in [1.54, 1.807) is 36.4 Å². The molecule has 4 rings (SSSR count). The van der Waals surface area contributed by atoms with Crippen LogP contribution in [0.5, 0.6) is 0 Å². The van der Waals surface area contributed by atoms with Gasteiger partial charge in [0, 0.05) is 39.6 Å². The van der Waals surface area contributed by atoms with Gasteiger partial charge in [-0.25, -0.2) is 8.42 Å². The Morgan fingerprint density at radius 1 is 0.804 bits per heavy atom. The molecule has 0 bridgehead atoms. The molecule has 0 heterocycles. The minimum Gasteiger partial charge on any atom is -0.354 e. The van der Waals surface area contributed by atoms with E-state index in [1.807, 2.05) is 37.3 Å². The largest absolute Gasteiger partial charge is 0.354 e. The summed E-state index contributed by atoms with van der Waals surface area (Å²) in [5.74, 6) is -0.999. The van der Waals surface area contributed by atoms with Crippen molar-refractivity contribution in [3.8, 4) is 0 Å². The Kier molecular flexibility index (Phi) is 12.8. The van der Waals surface area contributed by atoms with E-state index in [1.165, 1.54) is 35.2 Å². The molecule has 0 saturated carbocycles. The first-order valence-corrected chi connectivity index (χ1v) is 17.5. The third kappa shape index (κ3) is 9.39. The van der Waals surface area contributed by atoms with Gasteiger partial charge in [0.2, 0.25) is 11.8 Å². The number of benzene rings is 4. The van der Waals surface area contributed by atoms with Crippen LogP contribution in [0.25, 0.3) is 0 Å². The Morgan fingerprint density at radius 3 is 2.13 bits per heavy atom. The second kappa shape index (κ2) is 16.5. The molecule has 4 aromatic carbocycles. The average Bonchev–Trinajstić information content (AvgIpc) is 3.03. The van der Waals surface area contributed by atoms with Gasteiger partial charge in [0.15, 0.2) is 0 Å². The van der Waals surface area contributed by atoms with Gasteiger partial charge in [0.05, 0.1) is 10.6 Å². The summed E-state index contributed by atoms with van der Waals surface area (Å²) < 4.78 is 29.2. The molecule has 12 heteroatoms. The maximum Gasteiger partial charge on any atom is 0.264 e. The van der Waals surface area contributed by atoms with E-state index in [0.717, 1.165) is 22.7 Å². The van der Waals surface area contributed by atoms with Crippen molar-refractivity contribution in [2.75, 3.05) is 17.4 Å². The third-order valence-corrected chi connectivity index (χ3v) is 10.1. The molecule has 0 aromatic heterocycles. The number of rotatable bonds is 14. The molecule has 0 fully saturated rings. The highest BCUT2D eigenvalue weighted by Gasteiger charge is 2.35. The normalized spacial score (nSPS) is 11.9. The minimum absolute atomic E-state index is 0.0740. The summed E-state index contributed by atoms with van der Waals surface area (Å²) in [4.78, 5) is 29.6. The Balaban J connectivity index is 1.81. The average molecular weight is 722 g/mol. The summed E-state index contributed by atoms with van der Waals surface area (Å²) in [5, 5.41) is 4.30. The lowest BCUT2D eigenvalue weighted by Gasteiger charge is -2.34. The molecule has 1 atom stereocenters. The maximum absolute atomic E-state index is 14.5. The summed E-state index contributed by atoms with van der Waals surface area (Å²) in [6, 6.07) is 25.0. The third-order valence-electron chi connectivity index (χ3n) is 7.23. The van der Waals surface area contributed by atoms with Gasteiger partial charge in [-0.1, -0.05) is 102 Å². The SMILES string of the molecule is CCCCNC(=O)C(Cc1ccccc1)N(Cc1ccc(Cl)cc1Cl)C(=O)CN(c1cccc(Cl)c1)S(=O)(=O)c1ccc(Cl)cc1. The monoisotopic (exact) mass is 719 g/mol. The van der Waals surface area contributed by atoms with Crippen LogP contribution in [-0.2, 0) is 32.6 Å². The predicted molar refractivity (Wildman–Crippen MR) is 186 cm³/mol. The molecule has 0 spiro atoms. The van der Waals surface area contributed by atoms with Gasteiger partial charge in [-0.2, -0.15) is 0 Å². The summed E-state index contributed by atoms with van der Waals surface area (Å²) in [5.41, 5.74) is 1.53. The quantitative estimate of drug-likeness (QED) is 0.134. The molecule has 0 saturated heterocycles. The lowest BCUT2D eigenvalue weighted by molar-refractivity contribution is -0.140. The first kappa shape index (κ1) is 35.6. The van der Waals surface area contributed by atoms with E-state index in [0.29, 0.717) is 27.2 Å². The zero-order valence-electron chi connectivity index (χ0n) is 25.0. The molecule has 0 aliphatic carbocycles. The van der Waals surface area contributed by atoms with Crippen molar-refractivity contribution < 1.29 is 18.0 Å². The molecule has 7 nitrogen and oxygen atoms in total. The number of sulfonamides is 1. The molecule has 2 amide bonds. The molecule has 242 valence electrons. The zero-order valence-corrected chi connectivity index (χ0v) is 28.8. The molecular formula is C34H33Cl4N3O4S. The van der Waals surface area contributed by atoms with Crippen LogP contribution in [-0.4, -0.2) is 44.3 Å². The number of amides is 2. The van der Waals surface area contributed by atoms with Crippen LogP contribution in [0, 0.1) is 0 Å². The molecule has 1 unspecified atom stereocenters. The molecule has 4 aromatic rings. The fourth-order valence-corrected chi connectivity index (χ4v) is 6.97. The van der Waals surface area contributed by atoms with E-state index in [2.05, 4.69) is 5.32 Å². The molecule has 0 aliphatic rings. The topological polar surface area (TPSA) is 86.8 Å². The van der Waals surface area contributed by atoms with E-state index >= 15 is 0 Å². The van der Waals surface area contributed by atoms with Crippen LogP contribution >= 0.6 is 46.4 Å². The number of anilines is 1. The summed E-state index contributed by atoms with van der Waals surface area (Å²) in [6.45, 7) is 1.71. The van der Waals surface area contributed by atoms with Gasteiger partial charge in [-0.3, -0.25) is 13.9 Å². The van der Waals surface area contributed by atoms with Crippen molar-refractivity contribution in [2.45, 2.75) is 43.7 Å². The smallest absolute Gasteiger partial charge is 0.264 e. The number of carbonyl (C=O) groups excluding carboxylic acids is 2. The number of nitrogens with zero attached hydrogens (tertiary/aromatic N) is 2. The predicted octanol–water partition coefficient (Wildman–Crippen LogP) is 8.05. The number of halogens is 4. The minimum atomic E-state index is -4.30. The summed E-state index contributed by atoms with van der Waals surface area (Å²) in [6.07, 6.45) is 1.79. The number of hydrogen-bond donors (Lipinski definition) is 1. The van der Waals surface area contributed by atoms with E-state index in [-0.39, 0.29) is 34.5 Å². The zero-order chi connectivity index (χ0) is 33.3. The molecule has 46 heavy (non-hydrogen) atoms. The van der Waals surface area contributed by atoms with Crippen LogP contribution in [0.4, 0.5) is 5.69 Å². The van der Waals surface area contributed by atoms with Gasteiger partial charge in [0.25, 0.3) is 10.0 Å². The Labute approximate surface area is 290 Å². The fourth-order valence-electron chi connectivity index (χ4n) is 4.79. The fraction of sp³-hybridized carbons (Fsp3) is 0.235. The van der Waals surface area contributed by atoms with Gasteiger partial charge >= 0.3 is 0 Å². The molecule has 1 N–H and O–H groups in total. The first-order chi connectivity index (χ1) is 22.0. The van der Waals surface area contributed by atoms with Gasteiger partial charge in [-0.05, 0) is 72.1 Å². The van der Waals surface area contributed by atoms with Crippen molar-refractivity contribution in [1.82, 2.24) is 10.2 Å². The van der Waals surface area contributed by atoms with Crippen molar-refractivity contribution in [2.24, 2.45) is 0 Å². The Morgan fingerprint density at radius 2 is 1.48 bits per heavy atom. The maximum atomic E-state index is 14.5. The van der Waals surface area contributed by atoms with Crippen LogP contribution < -0.4 is 9.62 Å². The molecule has 0 aliphatic heterocycles. The summed E-state index contributed by atoms with van der Waals surface area (Å²) in [7, 11) is -4.30. The van der Waals surface area contributed by atoms with Crippen molar-refractivity contribution >= 4 is 73.9 Å². The standard InChI is InChI=1S/C34H33Cl4N3O4S/c1-2-3-18-39-34(43)32(19-24-8-5-4-6-9-24)40(22-25-12-13-28(37)21-31(25)38)33(42)23-41(29-11-7-10-27(36)20-29)46(44,45)30-16-14-26(35)15-17-30/h4-17,20-21,32H,2-3,18-19,22-23H2,1H3,(H,39,43). The Hall–Kier alpha value is -3.27. The van der Waals surface area contributed by atoms with E-state index in [4.69, 9.17) is 46.4 Å². The second-order valence-corrected chi connectivity index (χ2v) is 14.1. The summed E-state index contributed by atoms with van der Waals surface area (Å²) >= 11 is 25.0. The van der Waals surface area contributed by atoms with Crippen LogP contribution in [0.15, 0.2) is 102 Å². The number of nitrogens with one attached hydrogen (secondary N) is 1. The van der Waals surface area contributed by atoms with Gasteiger partial charge < -0.3 is 10.2 Å². The number of carbonyl (C=O) groups is 2. The molecule has 0 radical (unpaired) electrons. The lowest BCUT2D eigenvalue weighted by atomic mass is 10.0. The van der Waals surface area contributed by atoms with Crippen LogP contribution in [0.1, 0.15) is 30.9 Å². The highest BCUT2D eigenvalue weighted by molar-refractivity contribution is 7.92. The van der Waals surface area contributed by atoms with Crippen molar-refractivity contribution in [3.05, 3.63) is 128 Å². The van der Waals surface area contributed by atoms with Crippen LogP contribution in [0.2, 0.25) is 20.1 Å². The van der Waals surface area contributed by atoms with Crippen molar-refractivity contribution in [3.63, 3.8) is 0 Å². The highest BCUT2D eigenvalue weighted by Crippen LogP contribution is 2.29. The number of hydrogen-bond acceptors (Lipinski definition) is 4. The van der Waals surface area contributed by atoms with E-state index in [9.17, 15) is 18.0 Å². The Bertz CT molecular complexity index is 1760.